The molecule has 0 radical (unpaired) electrons. The summed E-state index contributed by atoms with van der Waals surface area (Å²) in [5, 5.41) is 27.5. The van der Waals surface area contributed by atoms with E-state index in [9.17, 15) is 29.6 Å². The molecule has 8 nitrogen and oxygen atoms in total. The molecule has 0 fully saturated rings. The second-order valence-corrected chi connectivity index (χ2v) is 14.5. The van der Waals surface area contributed by atoms with Gasteiger partial charge in [0.1, 0.15) is 6.54 Å². The van der Waals surface area contributed by atoms with Crippen LogP contribution in [0, 0.1) is 10.1 Å². The smallest absolute Gasteiger partial charge is 0.269 e. The summed E-state index contributed by atoms with van der Waals surface area (Å²) in [6, 6.07) is 29.0. The number of halogens is 1. The third-order valence-electron chi connectivity index (χ3n) is 9.40. The minimum atomic E-state index is -0.379. The second-order valence-electron chi connectivity index (χ2n) is 14.2. The first-order chi connectivity index (χ1) is 24.8. The van der Waals surface area contributed by atoms with Crippen molar-refractivity contribution in [3.63, 3.8) is 0 Å². The van der Waals surface area contributed by atoms with E-state index in [-0.39, 0.29) is 44.9 Å². The van der Waals surface area contributed by atoms with E-state index in [1.165, 1.54) is 0 Å². The van der Waals surface area contributed by atoms with Gasteiger partial charge in [0, 0.05) is 45.0 Å². The zero-order chi connectivity index (χ0) is 36.9. The highest BCUT2D eigenvalue weighted by Crippen LogP contribution is 2.41. The lowest BCUT2D eigenvalue weighted by atomic mass is 10.0. The molecule has 8 rings (SSSR count). The van der Waals surface area contributed by atoms with E-state index in [1.54, 1.807) is 48.6 Å². The molecule has 5 aromatic carbocycles. The number of fused-ring (bicyclic) bond motifs is 4. The number of benzene rings is 5. The summed E-state index contributed by atoms with van der Waals surface area (Å²) < 4.78 is 0.817. The van der Waals surface area contributed by atoms with Crippen LogP contribution >= 0.6 is 11.6 Å². The largest absolute Gasteiger partial charge is 0.872 e. The first kappa shape index (κ1) is 34.5. The molecule has 0 saturated heterocycles. The molecule has 5 aromatic rings. The molecule has 0 amide bonds. The van der Waals surface area contributed by atoms with E-state index < -0.39 is 0 Å². The average Bonchev–Trinajstić information content (AvgIpc) is 3.67. The summed E-state index contributed by atoms with van der Waals surface area (Å²) in [5.74, 6) is -1.27. The summed E-state index contributed by atoms with van der Waals surface area (Å²) in [6.45, 7) is 0.873. The average molecular weight is 709 g/mol. The van der Waals surface area contributed by atoms with Gasteiger partial charge in [-0.2, -0.15) is 0 Å². The number of carbonyl (C=O) groups excluding carboxylic acids is 3. The number of ketones is 3. The van der Waals surface area contributed by atoms with Crippen molar-refractivity contribution in [3.05, 3.63) is 174 Å². The SMILES string of the molecule is C[N+](C)(C)Cc1ccc([N+](=O)[O-])cc1.O=C1C(=CC2=C(Cl)C(=CC3=C([O-])c4cc5ccccc5cc4C3=O)CC2)C(=O)c2cc3ccccc3cc21. The van der Waals surface area contributed by atoms with Gasteiger partial charge in [-0.3, -0.25) is 24.5 Å². The minimum Gasteiger partial charge on any atom is -0.872 e. The third-order valence-corrected chi connectivity index (χ3v) is 9.88. The van der Waals surface area contributed by atoms with Gasteiger partial charge in [-0.15, -0.1) is 0 Å². The molecule has 258 valence electrons. The molecule has 52 heavy (non-hydrogen) atoms. The Bertz CT molecular complexity index is 2460. The van der Waals surface area contributed by atoms with E-state index in [4.69, 9.17) is 11.6 Å². The minimum absolute atomic E-state index is 0.0875. The molecule has 9 heteroatoms. The van der Waals surface area contributed by atoms with Crippen molar-refractivity contribution < 1.29 is 28.9 Å². The first-order valence-electron chi connectivity index (χ1n) is 16.8. The molecule has 0 atom stereocenters. The highest BCUT2D eigenvalue weighted by molar-refractivity contribution is 6.40. The van der Waals surface area contributed by atoms with Crippen molar-refractivity contribution in [1.82, 2.24) is 0 Å². The zero-order valence-electron chi connectivity index (χ0n) is 28.7. The van der Waals surface area contributed by atoms with Crippen LogP contribution in [0.5, 0.6) is 0 Å². The maximum atomic E-state index is 13.2. The van der Waals surface area contributed by atoms with Crippen molar-refractivity contribution in [1.29, 1.82) is 0 Å². The van der Waals surface area contributed by atoms with Crippen LogP contribution in [-0.2, 0) is 6.54 Å². The van der Waals surface area contributed by atoms with Crippen molar-refractivity contribution in [2.24, 2.45) is 0 Å². The Hall–Kier alpha value is -5.96. The molecular weight excluding hydrogens is 676 g/mol. The lowest BCUT2D eigenvalue weighted by Crippen LogP contribution is -2.33. The van der Waals surface area contributed by atoms with Crippen LogP contribution in [0.2, 0.25) is 0 Å². The Kier molecular flexibility index (Phi) is 8.82. The number of carbonyl (C=O) groups is 3. The molecule has 0 spiro atoms. The van der Waals surface area contributed by atoms with Gasteiger partial charge in [-0.25, -0.2) is 0 Å². The summed E-state index contributed by atoms with van der Waals surface area (Å²) in [4.78, 5) is 49.5. The first-order valence-corrected chi connectivity index (χ1v) is 17.1. The van der Waals surface area contributed by atoms with E-state index in [2.05, 4.69) is 21.1 Å². The standard InChI is InChI=1S/C33H19ClO4.C10H15N2O2/c34-29-21(15-27-30(35)23-11-17-5-1-2-6-18(17)12-24(23)31(27)36)9-10-22(29)16-28-32(37)25-13-19-7-3-4-8-20(19)14-26(25)33(28)38;1-12(2,3)8-9-4-6-10(7-5-9)11(13)14/h1-8,11-16,35H,9-10H2;4-7H,8H2,1-3H3/q;+1/p-1. The number of hydrogen-bond acceptors (Lipinski definition) is 6. The molecule has 0 heterocycles. The lowest BCUT2D eigenvalue weighted by Gasteiger charge is -2.23. The Morgan fingerprint density at radius 3 is 1.65 bits per heavy atom. The van der Waals surface area contributed by atoms with Gasteiger partial charge in [0.05, 0.1) is 31.6 Å². The van der Waals surface area contributed by atoms with Crippen LogP contribution in [0.1, 0.15) is 55.0 Å². The maximum Gasteiger partial charge on any atom is 0.269 e. The van der Waals surface area contributed by atoms with Crippen molar-refractivity contribution in [3.8, 4) is 0 Å². The number of allylic oxidation sites excluding steroid dienone is 7. The van der Waals surface area contributed by atoms with Gasteiger partial charge < -0.3 is 9.59 Å². The monoisotopic (exact) mass is 708 g/mol. The van der Waals surface area contributed by atoms with Gasteiger partial charge >= 0.3 is 0 Å². The summed E-state index contributed by atoms with van der Waals surface area (Å²) in [6.07, 6.45) is 4.14. The fraction of sp³-hybridized carbons (Fsp3) is 0.140. The van der Waals surface area contributed by atoms with E-state index in [0.717, 1.165) is 38.1 Å². The Labute approximate surface area is 305 Å². The normalized spacial score (nSPS) is 16.2. The molecule has 0 saturated carbocycles. The van der Waals surface area contributed by atoms with Gasteiger partial charge in [-0.05, 0) is 99.6 Å². The number of rotatable bonds is 5. The van der Waals surface area contributed by atoms with Crippen LogP contribution in [0.15, 0.2) is 137 Å². The number of hydrogen-bond donors (Lipinski definition) is 0. The molecule has 0 N–H and O–H groups in total. The van der Waals surface area contributed by atoms with Crippen molar-refractivity contribution in [2.45, 2.75) is 19.4 Å². The summed E-state index contributed by atoms with van der Waals surface area (Å²) in [5.41, 5.74) is 4.32. The molecule has 0 bridgehead atoms. The second kappa shape index (κ2) is 13.3. The van der Waals surface area contributed by atoms with Crippen LogP contribution in [0.3, 0.4) is 0 Å². The van der Waals surface area contributed by atoms with Crippen LogP contribution < -0.4 is 5.11 Å². The molecule has 3 aliphatic rings. The van der Waals surface area contributed by atoms with E-state index in [1.807, 2.05) is 60.7 Å². The number of quaternary nitrogens is 1. The Morgan fingerprint density at radius 2 is 1.17 bits per heavy atom. The number of Topliss-reactive ketones (excluding diaryl/α,β-unsaturated/α-hetero) is 3. The highest BCUT2D eigenvalue weighted by Gasteiger charge is 2.34. The number of nitro groups is 1. The Balaban J connectivity index is 0.000000255. The molecule has 0 aromatic heterocycles. The number of nitrogens with zero attached hydrogens (tertiary/aromatic N) is 2. The van der Waals surface area contributed by atoms with Gasteiger partial charge in [0.2, 0.25) is 0 Å². The van der Waals surface area contributed by atoms with Gasteiger partial charge in [-0.1, -0.05) is 65.9 Å². The zero-order valence-corrected chi connectivity index (χ0v) is 29.5. The number of nitro benzene ring substituents is 1. The lowest BCUT2D eigenvalue weighted by molar-refractivity contribution is -0.884. The molecule has 0 aliphatic heterocycles. The molecular formula is C43H33ClN2O6. The molecule has 0 unspecified atom stereocenters. The third kappa shape index (κ3) is 6.50. The van der Waals surface area contributed by atoms with Crippen LogP contribution in [0.25, 0.3) is 27.3 Å². The van der Waals surface area contributed by atoms with Crippen LogP contribution in [-0.4, -0.2) is 47.9 Å². The highest BCUT2D eigenvalue weighted by atomic mass is 35.5. The predicted molar refractivity (Wildman–Crippen MR) is 201 cm³/mol. The van der Waals surface area contributed by atoms with Crippen molar-refractivity contribution >= 4 is 61.9 Å². The summed E-state index contributed by atoms with van der Waals surface area (Å²) in [7, 11) is 6.25. The predicted octanol–water partition coefficient (Wildman–Crippen LogP) is 8.28. The van der Waals surface area contributed by atoms with Crippen molar-refractivity contribution in [2.75, 3.05) is 21.1 Å². The van der Waals surface area contributed by atoms with Gasteiger partial charge in [0.15, 0.2) is 17.3 Å². The van der Waals surface area contributed by atoms with Crippen LogP contribution in [0.4, 0.5) is 5.69 Å². The van der Waals surface area contributed by atoms with Gasteiger partial charge in [0.25, 0.3) is 5.69 Å². The Morgan fingerprint density at radius 1 is 0.692 bits per heavy atom. The number of non-ortho nitro benzene ring substituents is 1. The fourth-order valence-corrected chi connectivity index (χ4v) is 7.16. The summed E-state index contributed by atoms with van der Waals surface area (Å²) >= 11 is 6.69. The van der Waals surface area contributed by atoms with E-state index >= 15 is 0 Å². The fourth-order valence-electron chi connectivity index (χ4n) is 6.87. The topological polar surface area (TPSA) is 117 Å². The molecule has 3 aliphatic carbocycles. The van der Waals surface area contributed by atoms with E-state index in [0.29, 0.717) is 51.3 Å². The maximum absolute atomic E-state index is 13.2. The quantitative estimate of drug-likeness (QED) is 0.0596.